The molecule has 2 aliphatic rings. The van der Waals surface area contributed by atoms with Gasteiger partial charge in [-0.1, -0.05) is 0 Å². The number of hydrogen-bond acceptors (Lipinski definition) is 5. The summed E-state index contributed by atoms with van der Waals surface area (Å²) in [5.74, 6) is 0.522. The molecule has 4 heterocycles. The van der Waals surface area contributed by atoms with Crippen molar-refractivity contribution in [3.05, 3.63) is 59.5 Å². The minimum Gasteiger partial charge on any atom is -0.497 e. The van der Waals surface area contributed by atoms with E-state index in [-0.39, 0.29) is 24.6 Å². The Bertz CT molecular complexity index is 1230. The van der Waals surface area contributed by atoms with Crippen LogP contribution in [0.25, 0.3) is 10.9 Å². The lowest BCUT2D eigenvalue weighted by molar-refractivity contribution is 0.0137. The van der Waals surface area contributed by atoms with Gasteiger partial charge in [0.1, 0.15) is 5.75 Å². The number of likely N-dealkylation sites (tertiary alicyclic amines) is 1. The molecule has 1 atom stereocenters. The molecule has 1 fully saturated rings. The van der Waals surface area contributed by atoms with Gasteiger partial charge in [-0.2, -0.15) is 0 Å². The van der Waals surface area contributed by atoms with Crippen LogP contribution in [0.3, 0.4) is 0 Å². The molecular weight excluding hydrogens is 434 g/mol. The Morgan fingerprint density at radius 1 is 1.29 bits per heavy atom. The maximum atomic E-state index is 13.5. The van der Waals surface area contributed by atoms with E-state index in [0.29, 0.717) is 25.2 Å². The number of nitrogens with one attached hydrogen (secondary N) is 2. The number of aromatic nitrogens is 2. The van der Waals surface area contributed by atoms with E-state index in [1.165, 1.54) is 6.20 Å². The summed E-state index contributed by atoms with van der Waals surface area (Å²) < 4.78 is 5.40. The van der Waals surface area contributed by atoms with Crippen molar-refractivity contribution in [1.29, 1.82) is 0 Å². The highest BCUT2D eigenvalue weighted by atomic mass is 16.5. The van der Waals surface area contributed by atoms with E-state index in [0.717, 1.165) is 27.9 Å². The first-order valence-electron chi connectivity index (χ1n) is 11.4. The number of aliphatic hydroxyl groups excluding tert-OH is 1. The number of pyridine rings is 1. The Hall–Kier alpha value is -3.59. The molecule has 34 heavy (non-hydrogen) atoms. The van der Waals surface area contributed by atoms with Crippen LogP contribution in [0.15, 0.2) is 42.7 Å². The van der Waals surface area contributed by atoms with Crippen LogP contribution in [0.4, 0.5) is 4.79 Å². The molecule has 2 aliphatic heterocycles. The number of amides is 3. The zero-order valence-electron chi connectivity index (χ0n) is 19.5. The van der Waals surface area contributed by atoms with Gasteiger partial charge in [0, 0.05) is 60.7 Å². The smallest absolute Gasteiger partial charge is 0.317 e. The van der Waals surface area contributed by atoms with Crippen molar-refractivity contribution in [2.75, 3.05) is 33.4 Å². The van der Waals surface area contributed by atoms with Gasteiger partial charge >= 0.3 is 6.03 Å². The minimum atomic E-state index is -0.537. The number of fused-ring (bicyclic) bond motifs is 4. The van der Waals surface area contributed by atoms with E-state index in [1.54, 1.807) is 35.2 Å². The second-order valence-corrected chi connectivity index (χ2v) is 9.44. The van der Waals surface area contributed by atoms with Gasteiger partial charge in [0.2, 0.25) is 0 Å². The van der Waals surface area contributed by atoms with E-state index in [1.807, 2.05) is 32.0 Å². The van der Waals surface area contributed by atoms with Gasteiger partial charge in [-0.25, -0.2) is 4.79 Å². The molecule has 0 radical (unpaired) electrons. The molecule has 3 aromatic rings. The molecule has 1 saturated heterocycles. The summed E-state index contributed by atoms with van der Waals surface area (Å²) in [4.78, 5) is 37.2. The Kier molecular flexibility index (Phi) is 5.44. The number of benzene rings is 1. The van der Waals surface area contributed by atoms with Crippen LogP contribution in [-0.2, 0) is 5.41 Å². The van der Waals surface area contributed by atoms with Gasteiger partial charge < -0.3 is 29.9 Å². The van der Waals surface area contributed by atoms with Gasteiger partial charge in [-0.3, -0.25) is 9.78 Å². The first kappa shape index (κ1) is 22.2. The van der Waals surface area contributed by atoms with E-state index in [9.17, 15) is 14.7 Å². The third-order valence-electron chi connectivity index (χ3n) is 6.78. The number of aliphatic hydroxyl groups is 1. The second kappa shape index (κ2) is 8.32. The van der Waals surface area contributed by atoms with E-state index < -0.39 is 11.5 Å². The van der Waals surface area contributed by atoms with Crippen molar-refractivity contribution in [2.45, 2.75) is 31.3 Å². The van der Waals surface area contributed by atoms with Crippen molar-refractivity contribution < 1.29 is 19.4 Å². The Balaban J connectivity index is 1.60. The van der Waals surface area contributed by atoms with Gasteiger partial charge in [0.25, 0.3) is 5.91 Å². The topological polar surface area (TPSA) is 111 Å². The Morgan fingerprint density at radius 2 is 2.09 bits per heavy atom. The maximum Gasteiger partial charge on any atom is 0.317 e. The quantitative estimate of drug-likeness (QED) is 0.550. The lowest BCUT2D eigenvalue weighted by Crippen LogP contribution is -2.69. The SMILES string of the molecule is COc1ccc2c3c([nH]c2c1)[C@@H](CO)N(C(=O)c1cccnc1)CC31CN(C(=O)NC(C)C)C1. The van der Waals surface area contributed by atoms with Gasteiger partial charge in [0.15, 0.2) is 0 Å². The van der Waals surface area contributed by atoms with Crippen LogP contribution in [0.1, 0.15) is 41.5 Å². The number of rotatable bonds is 4. The molecule has 9 nitrogen and oxygen atoms in total. The highest BCUT2D eigenvalue weighted by Gasteiger charge is 2.55. The number of nitrogens with zero attached hydrogens (tertiary/aromatic N) is 3. The van der Waals surface area contributed by atoms with Crippen LogP contribution in [0, 0.1) is 0 Å². The maximum absolute atomic E-state index is 13.5. The summed E-state index contributed by atoms with van der Waals surface area (Å²) >= 11 is 0. The Morgan fingerprint density at radius 3 is 2.74 bits per heavy atom. The Labute approximate surface area is 197 Å². The summed E-state index contributed by atoms with van der Waals surface area (Å²) in [6.45, 7) is 4.98. The monoisotopic (exact) mass is 463 g/mol. The zero-order chi connectivity index (χ0) is 24.0. The molecule has 0 saturated carbocycles. The first-order chi connectivity index (χ1) is 16.4. The molecule has 0 aliphatic carbocycles. The van der Waals surface area contributed by atoms with Crippen LogP contribution >= 0.6 is 0 Å². The van der Waals surface area contributed by atoms with Crippen molar-refractivity contribution in [3.8, 4) is 5.75 Å². The van der Waals surface area contributed by atoms with E-state index in [4.69, 9.17) is 4.74 Å². The molecular formula is C25H29N5O4. The molecule has 178 valence electrons. The summed E-state index contributed by atoms with van der Waals surface area (Å²) in [6, 6.07) is 8.68. The average Bonchev–Trinajstić information content (AvgIpc) is 3.20. The predicted octanol–water partition coefficient (Wildman–Crippen LogP) is 2.43. The summed E-state index contributed by atoms with van der Waals surface area (Å²) in [7, 11) is 1.62. The second-order valence-electron chi connectivity index (χ2n) is 9.44. The lowest BCUT2D eigenvalue weighted by atomic mass is 9.68. The van der Waals surface area contributed by atoms with E-state index >= 15 is 0 Å². The molecule has 1 spiro atoms. The number of ether oxygens (including phenoxy) is 1. The largest absolute Gasteiger partial charge is 0.497 e. The van der Waals surface area contributed by atoms with Crippen molar-refractivity contribution in [2.24, 2.45) is 0 Å². The van der Waals surface area contributed by atoms with Crippen molar-refractivity contribution >= 4 is 22.8 Å². The predicted molar refractivity (Wildman–Crippen MR) is 127 cm³/mol. The standard InChI is InChI=1S/C25H29N5O4/c1-15(2)27-24(33)29-12-25(13-29)14-30(23(32)16-5-4-8-26-10-16)20(11-31)22-21(25)18-7-6-17(34-3)9-19(18)28-22/h4-10,15,20,28,31H,11-14H2,1-3H3,(H,27,33)/t20-/m1/s1. The van der Waals surface area contributed by atoms with Gasteiger partial charge in [-0.15, -0.1) is 0 Å². The number of carbonyl (C=O) groups is 2. The molecule has 3 amide bonds. The fourth-order valence-corrected chi connectivity index (χ4v) is 5.30. The number of methoxy groups -OCH3 is 1. The molecule has 3 N–H and O–H groups in total. The van der Waals surface area contributed by atoms with Crippen LogP contribution < -0.4 is 10.1 Å². The first-order valence-corrected chi connectivity index (χ1v) is 11.4. The summed E-state index contributed by atoms with van der Waals surface area (Å²) in [5.41, 5.74) is 2.76. The zero-order valence-corrected chi connectivity index (χ0v) is 19.5. The van der Waals surface area contributed by atoms with Gasteiger partial charge in [0.05, 0.1) is 30.7 Å². The lowest BCUT2D eigenvalue weighted by Gasteiger charge is -2.56. The number of aromatic amines is 1. The highest BCUT2D eigenvalue weighted by molar-refractivity contribution is 5.96. The third kappa shape index (κ3) is 3.47. The molecule has 0 unspecified atom stereocenters. The van der Waals surface area contributed by atoms with Crippen LogP contribution in [0.2, 0.25) is 0 Å². The van der Waals surface area contributed by atoms with Crippen LogP contribution in [0.5, 0.6) is 5.75 Å². The number of urea groups is 1. The molecule has 9 heteroatoms. The normalized spacial score (nSPS) is 18.7. The van der Waals surface area contributed by atoms with E-state index in [2.05, 4.69) is 15.3 Å². The van der Waals surface area contributed by atoms with Crippen molar-refractivity contribution in [3.63, 3.8) is 0 Å². The van der Waals surface area contributed by atoms with Crippen molar-refractivity contribution in [1.82, 2.24) is 25.1 Å². The fourth-order valence-electron chi connectivity index (χ4n) is 5.30. The van der Waals surface area contributed by atoms with Gasteiger partial charge in [-0.05, 0) is 43.7 Å². The summed E-state index contributed by atoms with van der Waals surface area (Å²) in [6.07, 6.45) is 3.16. The molecule has 2 aromatic heterocycles. The minimum absolute atomic E-state index is 0.0361. The number of carbonyl (C=O) groups excluding carboxylic acids is 2. The third-order valence-corrected chi connectivity index (χ3v) is 6.78. The highest BCUT2D eigenvalue weighted by Crippen LogP contribution is 2.48. The number of hydrogen-bond donors (Lipinski definition) is 3. The molecule has 5 rings (SSSR count). The molecule has 0 bridgehead atoms. The fraction of sp³-hybridized carbons (Fsp3) is 0.400. The van der Waals surface area contributed by atoms with Crippen LogP contribution in [-0.4, -0.2) is 76.2 Å². The summed E-state index contributed by atoms with van der Waals surface area (Å²) in [5, 5.41) is 14.4. The number of H-pyrrole nitrogens is 1. The average molecular weight is 464 g/mol. The molecule has 1 aromatic carbocycles.